The first-order valence-corrected chi connectivity index (χ1v) is 15.6. The van der Waals surface area contributed by atoms with Gasteiger partial charge in [0, 0.05) is 18.1 Å². The molecule has 0 radical (unpaired) electrons. The molecule has 0 aliphatic carbocycles. The predicted molar refractivity (Wildman–Crippen MR) is 166 cm³/mol. The Morgan fingerprint density at radius 2 is 1.59 bits per heavy atom. The summed E-state index contributed by atoms with van der Waals surface area (Å²) in [5.74, 6) is -0.571. The second-order valence-electron chi connectivity index (χ2n) is 10.7. The lowest BCUT2D eigenvalue weighted by Crippen LogP contribution is -2.52. The second-order valence-corrected chi connectivity index (χ2v) is 13.0. The third kappa shape index (κ3) is 7.89. The zero-order chi connectivity index (χ0) is 30.3. The van der Waals surface area contributed by atoms with Gasteiger partial charge in [-0.25, -0.2) is 8.42 Å². The molecule has 0 aliphatic heterocycles. The monoisotopic (exact) mass is 597 g/mol. The molecule has 0 heterocycles. The van der Waals surface area contributed by atoms with Crippen LogP contribution in [0, 0.1) is 26.7 Å². The van der Waals surface area contributed by atoms with Crippen molar-refractivity contribution in [3.63, 3.8) is 0 Å². The van der Waals surface area contributed by atoms with E-state index in [2.05, 4.69) is 5.32 Å². The Hall–Kier alpha value is -3.36. The summed E-state index contributed by atoms with van der Waals surface area (Å²) < 4.78 is 29.3. The van der Waals surface area contributed by atoms with E-state index in [0.29, 0.717) is 29.2 Å². The Balaban J connectivity index is 2.10. The highest BCUT2D eigenvalue weighted by Gasteiger charge is 2.34. The van der Waals surface area contributed by atoms with Gasteiger partial charge in [0.2, 0.25) is 11.8 Å². The quantitative estimate of drug-likeness (QED) is 0.276. The van der Waals surface area contributed by atoms with E-state index in [9.17, 15) is 18.0 Å². The third-order valence-corrected chi connectivity index (χ3v) is 9.24. The summed E-state index contributed by atoms with van der Waals surface area (Å²) >= 11 is 6.46. The fourth-order valence-corrected chi connectivity index (χ4v) is 6.18. The Morgan fingerprint density at radius 3 is 2.20 bits per heavy atom. The number of aryl methyl sites for hydroxylation is 2. The lowest BCUT2D eigenvalue weighted by molar-refractivity contribution is -0.140. The van der Waals surface area contributed by atoms with E-state index in [1.54, 1.807) is 54.6 Å². The van der Waals surface area contributed by atoms with E-state index in [-0.39, 0.29) is 23.3 Å². The average molecular weight is 598 g/mol. The van der Waals surface area contributed by atoms with Crippen LogP contribution in [0.1, 0.15) is 49.4 Å². The van der Waals surface area contributed by atoms with Crippen molar-refractivity contribution in [2.45, 2.75) is 65.4 Å². The summed E-state index contributed by atoms with van der Waals surface area (Å²) in [7, 11) is -4.13. The number of sulfonamides is 1. The van der Waals surface area contributed by atoms with Crippen molar-refractivity contribution in [2.24, 2.45) is 5.92 Å². The SMILES string of the molecule is CC[C@H](C(=O)NCC(C)C)N(Cc1ccccc1Cl)C(=O)CN(c1cccc(C)c1C)S(=O)(=O)c1ccc(C)cc1. The minimum atomic E-state index is -4.13. The van der Waals surface area contributed by atoms with E-state index >= 15 is 0 Å². The van der Waals surface area contributed by atoms with Crippen molar-refractivity contribution in [1.29, 1.82) is 0 Å². The van der Waals surface area contributed by atoms with E-state index in [4.69, 9.17) is 11.6 Å². The van der Waals surface area contributed by atoms with Gasteiger partial charge in [-0.05, 0) is 74.1 Å². The number of nitrogens with zero attached hydrogens (tertiary/aromatic N) is 2. The first kappa shape index (κ1) is 32.2. The van der Waals surface area contributed by atoms with Gasteiger partial charge in [-0.15, -0.1) is 0 Å². The number of benzene rings is 3. The van der Waals surface area contributed by atoms with Crippen molar-refractivity contribution in [3.8, 4) is 0 Å². The van der Waals surface area contributed by atoms with Crippen LogP contribution in [-0.2, 0) is 26.2 Å². The fraction of sp³-hybridized carbons (Fsp3) is 0.375. The summed E-state index contributed by atoms with van der Waals surface area (Å²) in [6.45, 7) is 11.5. The second kappa shape index (κ2) is 14.0. The van der Waals surface area contributed by atoms with Crippen LogP contribution in [0.3, 0.4) is 0 Å². The maximum atomic E-state index is 14.2. The van der Waals surface area contributed by atoms with Crippen molar-refractivity contribution in [3.05, 3.63) is 94.0 Å². The Kier molecular flexibility index (Phi) is 11.0. The van der Waals surface area contributed by atoms with E-state index in [1.807, 2.05) is 53.7 Å². The molecular formula is C32H40ClN3O4S. The summed E-state index contributed by atoms with van der Waals surface area (Å²) in [6.07, 6.45) is 0.342. The van der Waals surface area contributed by atoms with Crippen LogP contribution >= 0.6 is 11.6 Å². The van der Waals surface area contributed by atoms with Crippen LogP contribution in [-0.4, -0.2) is 44.3 Å². The van der Waals surface area contributed by atoms with Crippen molar-refractivity contribution in [1.82, 2.24) is 10.2 Å². The summed E-state index contributed by atoms with van der Waals surface area (Å²) in [4.78, 5) is 29.1. The van der Waals surface area contributed by atoms with Crippen LogP contribution in [0.2, 0.25) is 5.02 Å². The number of anilines is 1. The third-order valence-electron chi connectivity index (χ3n) is 7.10. The average Bonchev–Trinajstić information content (AvgIpc) is 2.93. The smallest absolute Gasteiger partial charge is 0.264 e. The van der Waals surface area contributed by atoms with Crippen LogP contribution in [0.15, 0.2) is 71.6 Å². The first-order valence-electron chi connectivity index (χ1n) is 13.8. The molecule has 3 aromatic rings. The largest absolute Gasteiger partial charge is 0.354 e. The molecule has 9 heteroatoms. The maximum Gasteiger partial charge on any atom is 0.264 e. The Labute approximate surface area is 249 Å². The lowest BCUT2D eigenvalue weighted by Gasteiger charge is -2.34. The number of hydrogen-bond acceptors (Lipinski definition) is 4. The number of hydrogen-bond donors (Lipinski definition) is 1. The molecule has 41 heavy (non-hydrogen) atoms. The van der Waals surface area contributed by atoms with Gasteiger partial charge in [0.05, 0.1) is 10.6 Å². The molecule has 0 spiro atoms. The molecule has 0 bridgehead atoms. The fourth-order valence-electron chi connectivity index (χ4n) is 4.51. The van der Waals surface area contributed by atoms with Crippen LogP contribution in [0.4, 0.5) is 5.69 Å². The van der Waals surface area contributed by atoms with Gasteiger partial charge >= 0.3 is 0 Å². The Bertz CT molecular complexity index is 1470. The maximum absolute atomic E-state index is 14.2. The summed E-state index contributed by atoms with van der Waals surface area (Å²) in [5.41, 5.74) is 3.63. The van der Waals surface area contributed by atoms with Gasteiger partial charge in [0.1, 0.15) is 12.6 Å². The predicted octanol–water partition coefficient (Wildman–Crippen LogP) is 6.04. The van der Waals surface area contributed by atoms with Crippen LogP contribution in [0.5, 0.6) is 0 Å². The molecule has 0 saturated heterocycles. The number of halogens is 1. The van der Waals surface area contributed by atoms with Crippen LogP contribution in [0.25, 0.3) is 0 Å². The lowest BCUT2D eigenvalue weighted by atomic mass is 10.1. The highest BCUT2D eigenvalue weighted by molar-refractivity contribution is 7.92. The topological polar surface area (TPSA) is 86.8 Å². The summed E-state index contributed by atoms with van der Waals surface area (Å²) in [5, 5.41) is 3.39. The van der Waals surface area contributed by atoms with E-state index < -0.39 is 28.5 Å². The highest BCUT2D eigenvalue weighted by Crippen LogP contribution is 2.29. The van der Waals surface area contributed by atoms with Crippen molar-refractivity contribution < 1.29 is 18.0 Å². The van der Waals surface area contributed by atoms with Gasteiger partial charge in [0.15, 0.2) is 0 Å². The molecule has 2 amide bonds. The molecule has 3 rings (SSSR count). The number of nitrogens with one attached hydrogen (secondary N) is 1. The number of carbonyl (C=O) groups excluding carboxylic acids is 2. The highest BCUT2D eigenvalue weighted by atomic mass is 35.5. The molecule has 0 aliphatic rings. The Morgan fingerprint density at radius 1 is 0.927 bits per heavy atom. The molecule has 1 N–H and O–H groups in total. The molecule has 7 nitrogen and oxygen atoms in total. The molecule has 0 aromatic heterocycles. The minimum absolute atomic E-state index is 0.0529. The first-order chi connectivity index (χ1) is 19.4. The molecular weight excluding hydrogens is 558 g/mol. The van der Waals surface area contributed by atoms with Gasteiger partial charge < -0.3 is 10.2 Å². The zero-order valence-corrected chi connectivity index (χ0v) is 26.2. The van der Waals surface area contributed by atoms with Crippen LogP contribution < -0.4 is 9.62 Å². The number of rotatable bonds is 12. The molecule has 1 atom stereocenters. The zero-order valence-electron chi connectivity index (χ0n) is 24.6. The minimum Gasteiger partial charge on any atom is -0.354 e. The summed E-state index contributed by atoms with van der Waals surface area (Å²) in [6, 6.07) is 18.2. The molecule has 220 valence electrons. The van der Waals surface area contributed by atoms with E-state index in [1.165, 1.54) is 4.90 Å². The van der Waals surface area contributed by atoms with Crippen molar-refractivity contribution >= 4 is 39.1 Å². The molecule has 0 saturated carbocycles. The van der Waals surface area contributed by atoms with Gasteiger partial charge in [-0.2, -0.15) is 0 Å². The normalized spacial score (nSPS) is 12.2. The van der Waals surface area contributed by atoms with Crippen molar-refractivity contribution in [2.75, 3.05) is 17.4 Å². The van der Waals surface area contributed by atoms with E-state index in [0.717, 1.165) is 21.0 Å². The van der Waals surface area contributed by atoms with Gasteiger partial charge in [-0.1, -0.05) is 80.4 Å². The molecule has 3 aromatic carbocycles. The van der Waals surface area contributed by atoms with Gasteiger partial charge in [-0.3, -0.25) is 13.9 Å². The number of carbonyl (C=O) groups is 2. The number of amides is 2. The molecule has 0 fully saturated rings. The molecule has 0 unspecified atom stereocenters. The van der Waals surface area contributed by atoms with Gasteiger partial charge in [0.25, 0.3) is 10.0 Å². The standard InChI is InChI=1S/C32H40ClN3O4S/c1-7-29(32(38)34-19-22(2)3)35(20-26-12-8-9-13-28(26)33)31(37)21-36(30-14-10-11-24(5)25(30)6)41(39,40)27-17-15-23(4)16-18-27/h8-18,22,29H,7,19-21H2,1-6H3,(H,34,38)/t29-/m1/s1.